The third-order valence-electron chi connectivity index (χ3n) is 5.29. The van der Waals surface area contributed by atoms with Gasteiger partial charge >= 0.3 is 0 Å². The van der Waals surface area contributed by atoms with Crippen LogP contribution in [-0.4, -0.2) is 46.6 Å². The minimum absolute atomic E-state index is 0. The van der Waals surface area contributed by atoms with Gasteiger partial charge in [0.2, 0.25) is 3.79 Å². The van der Waals surface area contributed by atoms with E-state index in [0.29, 0.717) is 11.3 Å². The van der Waals surface area contributed by atoms with Gasteiger partial charge in [0, 0.05) is 23.6 Å². The van der Waals surface area contributed by atoms with E-state index in [1.165, 1.54) is 5.71 Å². The molecule has 0 radical (unpaired) electrons. The van der Waals surface area contributed by atoms with Crippen molar-refractivity contribution in [1.29, 1.82) is 0 Å². The summed E-state index contributed by atoms with van der Waals surface area (Å²) in [5.41, 5.74) is 9.84. The highest BCUT2D eigenvalue weighted by molar-refractivity contribution is 6.66. The number of alkyl halides is 3. The second kappa shape index (κ2) is 9.95. The van der Waals surface area contributed by atoms with Gasteiger partial charge in [-0.25, -0.2) is 14.5 Å². The Morgan fingerprint density at radius 2 is 1.74 bits per heavy atom. The van der Waals surface area contributed by atoms with Crippen molar-refractivity contribution in [1.82, 2.24) is 15.4 Å². The van der Waals surface area contributed by atoms with Crippen LogP contribution in [0, 0.1) is 5.41 Å². The van der Waals surface area contributed by atoms with Crippen molar-refractivity contribution < 1.29 is 33.3 Å². The Bertz CT molecular complexity index is 1010. The first-order valence-electron chi connectivity index (χ1n) is 9.96. The Balaban J connectivity index is 0.00000272. The van der Waals surface area contributed by atoms with Crippen LogP contribution in [0.4, 0.5) is 5.82 Å². The van der Waals surface area contributed by atoms with E-state index in [4.69, 9.17) is 39.5 Å². The summed E-state index contributed by atoms with van der Waals surface area (Å²) in [4.78, 5) is 8.85. The van der Waals surface area contributed by atoms with Crippen molar-refractivity contribution in [2.75, 3.05) is 31.7 Å². The molecule has 0 spiro atoms. The molecule has 0 bridgehead atoms. The standard InChI is InChI=1S/C21H24Cl3N5O.HI/c1-20(2)12-14(11-15(13-20)29-7-9-30-10-8-29)27-28-18-16-5-3-4-6-17(16)25-19(26-18)21(22,23)24;/h3-6,11H,7-10,12-13H2,1-2H3,(H,25,26,28);1H. The van der Waals surface area contributed by atoms with Crippen LogP contribution < -0.4 is 34.8 Å². The average molecular weight is 597 g/mol. The van der Waals surface area contributed by atoms with E-state index in [1.807, 2.05) is 24.3 Å². The van der Waals surface area contributed by atoms with Gasteiger partial charge in [-0.2, -0.15) is 0 Å². The lowest BCUT2D eigenvalue weighted by Crippen LogP contribution is -3.00. The number of nitrogens with one attached hydrogen (secondary N) is 2. The van der Waals surface area contributed by atoms with E-state index in [0.717, 1.165) is 50.2 Å². The predicted molar refractivity (Wildman–Crippen MR) is 122 cm³/mol. The zero-order valence-electron chi connectivity index (χ0n) is 17.4. The molecule has 1 fully saturated rings. The highest BCUT2D eigenvalue weighted by Crippen LogP contribution is 2.38. The molecule has 4 rings (SSSR count). The third-order valence-corrected chi connectivity index (χ3v) is 5.79. The number of nitrogens with zero attached hydrogens (tertiary/aromatic N) is 3. The fourth-order valence-corrected chi connectivity index (χ4v) is 4.20. The third kappa shape index (κ3) is 6.13. The smallest absolute Gasteiger partial charge is 0.250 e. The monoisotopic (exact) mass is 595 g/mol. The molecule has 0 unspecified atom stereocenters. The number of hydrogen-bond donors (Lipinski definition) is 2. The molecule has 1 aromatic carbocycles. The maximum absolute atomic E-state index is 6.05. The van der Waals surface area contributed by atoms with Gasteiger partial charge in [-0.1, -0.05) is 60.8 Å². The van der Waals surface area contributed by atoms with Gasteiger partial charge in [0.05, 0.1) is 5.52 Å². The highest BCUT2D eigenvalue weighted by Gasteiger charge is 2.32. The van der Waals surface area contributed by atoms with Gasteiger partial charge < -0.3 is 34.1 Å². The van der Waals surface area contributed by atoms with E-state index in [9.17, 15) is 0 Å². The topological polar surface area (TPSA) is 62.1 Å². The predicted octanol–water partition coefficient (Wildman–Crippen LogP) is 1.56. The Morgan fingerprint density at radius 1 is 1.03 bits per heavy atom. The van der Waals surface area contributed by atoms with Crippen LogP contribution in [0.1, 0.15) is 32.5 Å². The first-order valence-corrected chi connectivity index (χ1v) is 11.1. The molecule has 6 nitrogen and oxygen atoms in total. The largest absolute Gasteiger partial charge is 1.00 e. The van der Waals surface area contributed by atoms with Crippen molar-refractivity contribution in [3.8, 4) is 0 Å². The molecule has 0 atom stereocenters. The summed E-state index contributed by atoms with van der Waals surface area (Å²) in [6.45, 7) is 7.95. The van der Waals surface area contributed by atoms with Gasteiger partial charge in [-0.3, -0.25) is 5.43 Å². The van der Waals surface area contributed by atoms with Crippen molar-refractivity contribution in [2.45, 2.75) is 30.5 Å². The number of rotatable bonds is 3. The summed E-state index contributed by atoms with van der Waals surface area (Å²) < 4.78 is 6.21. The molecule has 1 aromatic heterocycles. The Morgan fingerprint density at radius 3 is 2.45 bits per heavy atom. The fraction of sp³-hybridized carbons (Fsp3) is 0.476. The quantitative estimate of drug-likeness (QED) is 0.244. The molecular weight excluding hydrogens is 572 g/mol. The average Bonchev–Trinajstić information content (AvgIpc) is 2.70. The number of ether oxygens (including phenoxy) is 1. The summed E-state index contributed by atoms with van der Waals surface area (Å²) in [6, 6.07) is 7.63. The number of fused-ring (bicyclic) bond motifs is 1. The van der Waals surface area contributed by atoms with E-state index >= 15 is 0 Å². The van der Waals surface area contributed by atoms with Gasteiger partial charge in [0.15, 0.2) is 30.4 Å². The van der Waals surface area contributed by atoms with E-state index in [1.54, 1.807) is 0 Å². The molecule has 1 aliphatic carbocycles. The minimum atomic E-state index is -1.70. The molecule has 1 saturated heterocycles. The fourth-order valence-electron chi connectivity index (χ4n) is 3.94. The first-order chi connectivity index (χ1) is 14.2. The number of anilines is 1. The zero-order valence-corrected chi connectivity index (χ0v) is 21.8. The summed E-state index contributed by atoms with van der Waals surface area (Å²) in [5.74, 6) is 0.702. The molecule has 2 aliphatic rings. The number of hydrogen-bond acceptors (Lipinski definition) is 5. The molecular formula is C21H25Cl3IN5O. The zero-order chi connectivity index (χ0) is 21.4. The number of hydrazine groups is 1. The minimum Gasteiger partial charge on any atom is -1.00 e. The van der Waals surface area contributed by atoms with Crippen molar-refractivity contribution in [2.24, 2.45) is 5.41 Å². The van der Waals surface area contributed by atoms with Crippen molar-refractivity contribution in [3.63, 3.8) is 0 Å². The summed E-state index contributed by atoms with van der Waals surface area (Å²) in [7, 11) is 0. The normalized spacial score (nSPS) is 18.9. The summed E-state index contributed by atoms with van der Waals surface area (Å²) in [5, 5.41) is 0.844. The molecule has 0 amide bonds. The van der Waals surface area contributed by atoms with Crippen LogP contribution in [0.3, 0.4) is 0 Å². The highest BCUT2D eigenvalue weighted by atomic mass is 127. The molecule has 2 aromatic rings. The van der Waals surface area contributed by atoms with Crippen LogP contribution in [0.5, 0.6) is 0 Å². The Kier molecular flexibility index (Phi) is 7.95. The number of halogens is 4. The lowest BCUT2D eigenvalue weighted by Gasteiger charge is -2.30. The van der Waals surface area contributed by atoms with E-state index < -0.39 is 3.79 Å². The second-order valence-electron chi connectivity index (χ2n) is 8.44. The van der Waals surface area contributed by atoms with E-state index in [2.05, 4.69) is 45.3 Å². The second-order valence-corrected chi connectivity index (χ2v) is 10.7. The van der Waals surface area contributed by atoms with Crippen LogP contribution >= 0.6 is 34.8 Å². The van der Waals surface area contributed by atoms with Gasteiger partial charge in [0.25, 0.3) is 0 Å². The van der Waals surface area contributed by atoms with Gasteiger partial charge in [0.1, 0.15) is 13.2 Å². The first kappa shape index (κ1) is 24.8. The van der Waals surface area contributed by atoms with Crippen LogP contribution in [-0.2, 0) is 8.53 Å². The molecule has 2 heterocycles. The number of para-hydroxylation sites is 1. The molecule has 168 valence electrons. The maximum Gasteiger partial charge on any atom is 0.250 e. The molecule has 31 heavy (non-hydrogen) atoms. The number of allylic oxidation sites excluding steroid dienone is 2. The Labute approximate surface area is 214 Å². The number of morpholine rings is 1. The number of benzene rings is 1. The van der Waals surface area contributed by atoms with Gasteiger partial charge in [-0.15, -0.1) is 0 Å². The SMILES string of the molecule is CC1(C)CC(NNc2nc(C(Cl)(Cl)Cl)nc3ccccc23)=CC(=[N+]2CCOCC2)C1.[I-]. The van der Waals surface area contributed by atoms with Crippen LogP contribution in [0.15, 0.2) is 36.0 Å². The molecule has 10 heteroatoms. The van der Waals surface area contributed by atoms with Crippen LogP contribution in [0.2, 0.25) is 0 Å². The van der Waals surface area contributed by atoms with Crippen molar-refractivity contribution >= 4 is 57.2 Å². The summed E-state index contributed by atoms with van der Waals surface area (Å²) >= 11 is 18.1. The Hall–Kier alpha value is -0.870. The lowest BCUT2D eigenvalue weighted by atomic mass is 9.78. The van der Waals surface area contributed by atoms with Gasteiger partial charge in [-0.05, 0) is 24.0 Å². The van der Waals surface area contributed by atoms with E-state index in [-0.39, 0.29) is 35.2 Å². The molecule has 1 aliphatic heterocycles. The molecule has 2 N–H and O–H groups in total. The lowest BCUT2D eigenvalue weighted by molar-refractivity contribution is -0.550. The van der Waals surface area contributed by atoms with Crippen molar-refractivity contribution in [3.05, 3.63) is 41.9 Å². The maximum atomic E-state index is 6.05. The number of aromatic nitrogens is 2. The van der Waals surface area contributed by atoms with Crippen LogP contribution in [0.25, 0.3) is 10.9 Å². The summed E-state index contributed by atoms with van der Waals surface area (Å²) in [6.07, 6.45) is 4.17. The molecule has 0 saturated carbocycles.